The highest BCUT2D eigenvalue weighted by Crippen LogP contribution is 2.32. The van der Waals surface area contributed by atoms with Crippen molar-refractivity contribution < 1.29 is 9.90 Å². The van der Waals surface area contributed by atoms with Gasteiger partial charge < -0.3 is 20.2 Å². The number of piperazine rings is 1. The molecule has 1 fully saturated rings. The molecule has 0 radical (unpaired) electrons. The van der Waals surface area contributed by atoms with Crippen molar-refractivity contribution in [2.75, 3.05) is 36.4 Å². The Morgan fingerprint density at radius 3 is 2.46 bits per heavy atom. The Kier molecular flexibility index (Phi) is 6.57. The first-order valence-corrected chi connectivity index (χ1v) is 12.1. The number of rotatable bonds is 5. The van der Waals surface area contributed by atoms with E-state index in [1.165, 1.54) is 0 Å². The lowest BCUT2D eigenvalue weighted by atomic mass is 10.0. The van der Waals surface area contributed by atoms with Crippen molar-refractivity contribution in [1.82, 2.24) is 9.88 Å². The predicted octanol–water partition coefficient (Wildman–Crippen LogP) is 5.39. The van der Waals surface area contributed by atoms with Crippen molar-refractivity contribution in [1.29, 1.82) is 0 Å². The van der Waals surface area contributed by atoms with Crippen LogP contribution in [-0.4, -0.2) is 47.1 Å². The maximum Gasteiger partial charge on any atom is 0.257 e. The van der Waals surface area contributed by atoms with Gasteiger partial charge in [-0.25, -0.2) is 0 Å². The number of nitrogens with zero attached hydrogens (tertiary/aromatic N) is 3. The minimum absolute atomic E-state index is 0.0674. The number of aliphatic hydroxyl groups excluding tert-OH is 1. The minimum Gasteiger partial charge on any atom is -0.392 e. The number of aromatic nitrogens is 1. The summed E-state index contributed by atoms with van der Waals surface area (Å²) >= 11 is 6.38. The van der Waals surface area contributed by atoms with Gasteiger partial charge in [0.2, 0.25) is 0 Å². The van der Waals surface area contributed by atoms with E-state index in [9.17, 15) is 9.90 Å². The van der Waals surface area contributed by atoms with Crippen LogP contribution in [0, 0.1) is 6.92 Å². The van der Waals surface area contributed by atoms with Crippen LogP contribution in [-0.2, 0) is 6.61 Å². The van der Waals surface area contributed by atoms with Crippen LogP contribution in [0.25, 0.3) is 10.9 Å². The molecular formula is C28H27ClN4O2. The van der Waals surface area contributed by atoms with Crippen molar-refractivity contribution in [2.24, 2.45) is 0 Å². The number of carbonyl (C=O) groups is 1. The number of hydrogen-bond donors (Lipinski definition) is 2. The first kappa shape index (κ1) is 23.1. The van der Waals surface area contributed by atoms with Crippen LogP contribution >= 0.6 is 11.6 Å². The Hall–Kier alpha value is -3.61. The molecule has 1 saturated heterocycles. The monoisotopic (exact) mass is 486 g/mol. The first-order chi connectivity index (χ1) is 17.0. The van der Waals surface area contributed by atoms with E-state index in [0.29, 0.717) is 42.9 Å². The Balaban J connectivity index is 1.47. The van der Waals surface area contributed by atoms with Gasteiger partial charge in [0, 0.05) is 49.0 Å². The second-order valence-electron chi connectivity index (χ2n) is 8.74. The van der Waals surface area contributed by atoms with E-state index in [-0.39, 0.29) is 12.5 Å². The van der Waals surface area contributed by atoms with Gasteiger partial charge in [-0.15, -0.1) is 0 Å². The quantitative estimate of drug-likeness (QED) is 0.395. The number of pyridine rings is 1. The molecule has 1 amide bonds. The van der Waals surface area contributed by atoms with Crippen molar-refractivity contribution in [3.8, 4) is 0 Å². The number of nitrogens with one attached hydrogen (secondary N) is 1. The molecule has 0 atom stereocenters. The van der Waals surface area contributed by atoms with Crippen LogP contribution in [0.5, 0.6) is 0 Å². The number of hydrogen-bond acceptors (Lipinski definition) is 5. The van der Waals surface area contributed by atoms with E-state index < -0.39 is 0 Å². The van der Waals surface area contributed by atoms with Crippen LogP contribution in [0.15, 0.2) is 72.9 Å². The molecule has 0 aliphatic carbocycles. The Labute approximate surface area is 209 Å². The molecule has 1 aliphatic heterocycles. The molecule has 6 nitrogen and oxygen atoms in total. The number of para-hydroxylation sites is 2. The lowest BCUT2D eigenvalue weighted by Gasteiger charge is -2.36. The zero-order valence-corrected chi connectivity index (χ0v) is 20.3. The maximum absolute atomic E-state index is 13.7. The van der Waals surface area contributed by atoms with Crippen LogP contribution in [0.3, 0.4) is 0 Å². The summed E-state index contributed by atoms with van der Waals surface area (Å²) in [5.41, 5.74) is 5.66. The molecule has 0 saturated carbocycles. The molecule has 2 N–H and O–H groups in total. The third-order valence-corrected chi connectivity index (χ3v) is 6.78. The number of aliphatic hydroxyl groups is 1. The molecule has 5 rings (SSSR count). The number of fused-ring (bicyclic) bond motifs is 1. The summed E-state index contributed by atoms with van der Waals surface area (Å²) in [6.07, 6.45) is 1.63. The third kappa shape index (κ3) is 4.67. The molecule has 0 spiro atoms. The predicted molar refractivity (Wildman–Crippen MR) is 142 cm³/mol. The van der Waals surface area contributed by atoms with E-state index in [4.69, 9.17) is 11.6 Å². The Bertz CT molecular complexity index is 1370. The van der Waals surface area contributed by atoms with E-state index in [2.05, 4.69) is 15.2 Å². The van der Waals surface area contributed by atoms with Crippen LogP contribution < -0.4 is 10.2 Å². The van der Waals surface area contributed by atoms with Crippen molar-refractivity contribution >= 4 is 45.5 Å². The normalized spacial score (nSPS) is 13.8. The van der Waals surface area contributed by atoms with E-state index in [0.717, 1.165) is 32.9 Å². The molecule has 35 heavy (non-hydrogen) atoms. The molecule has 3 aromatic carbocycles. The number of anilines is 3. The summed E-state index contributed by atoms with van der Waals surface area (Å²) in [4.78, 5) is 22.4. The van der Waals surface area contributed by atoms with Gasteiger partial charge in [0.15, 0.2) is 0 Å². The Morgan fingerprint density at radius 2 is 1.74 bits per heavy atom. The fourth-order valence-corrected chi connectivity index (χ4v) is 4.77. The molecule has 1 aliphatic rings. The lowest BCUT2D eigenvalue weighted by Crippen LogP contribution is -2.49. The zero-order valence-electron chi connectivity index (χ0n) is 19.5. The summed E-state index contributed by atoms with van der Waals surface area (Å²) < 4.78 is 0. The average Bonchev–Trinajstić information content (AvgIpc) is 2.90. The van der Waals surface area contributed by atoms with Crippen molar-refractivity contribution in [3.05, 3.63) is 94.6 Å². The third-order valence-electron chi connectivity index (χ3n) is 6.46. The van der Waals surface area contributed by atoms with Gasteiger partial charge in [-0.3, -0.25) is 9.78 Å². The largest absolute Gasteiger partial charge is 0.392 e. The van der Waals surface area contributed by atoms with Gasteiger partial charge in [0.25, 0.3) is 5.91 Å². The SMILES string of the molecule is Cc1ccc(Nc2c(C(=O)N3CCN(c4ccccc4Cl)CC3)cnc3c(CO)cccc23)cc1. The molecule has 0 unspecified atom stereocenters. The van der Waals surface area contributed by atoms with Crippen LogP contribution in [0.1, 0.15) is 21.5 Å². The lowest BCUT2D eigenvalue weighted by molar-refractivity contribution is 0.0747. The topological polar surface area (TPSA) is 68.7 Å². The van der Waals surface area contributed by atoms with Gasteiger partial charge in [-0.1, -0.05) is 59.6 Å². The van der Waals surface area contributed by atoms with E-state index >= 15 is 0 Å². The number of benzene rings is 3. The molecule has 4 aromatic rings. The summed E-state index contributed by atoms with van der Waals surface area (Å²) in [5, 5.41) is 14.8. The molecule has 7 heteroatoms. The number of aryl methyl sites for hydroxylation is 1. The van der Waals surface area contributed by atoms with Gasteiger partial charge in [0.1, 0.15) is 0 Å². The summed E-state index contributed by atoms with van der Waals surface area (Å²) in [6.45, 7) is 4.49. The standard InChI is InChI=1S/C28H27ClN4O2/c1-19-9-11-21(12-10-19)31-27-22-6-4-5-20(18-34)26(22)30-17-23(27)28(35)33-15-13-32(14-16-33)25-8-3-2-7-24(25)29/h2-12,17,34H,13-16,18H2,1H3,(H,30,31). The van der Waals surface area contributed by atoms with Gasteiger partial charge >= 0.3 is 0 Å². The fraction of sp³-hybridized carbons (Fsp3) is 0.214. The second-order valence-corrected chi connectivity index (χ2v) is 9.15. The minimum atomic E-state index is -0.119. The molecule has 0 bridgehead atoms. The van der Waals surface area contributed by atoms with Crippen molar-refractivity contribution in [2.45, 2.75) is 13.5 Å². The van der Waals surface area contributed by atoms with E-state index in [1.54, 1.807) is 6.20 Å². The number of amides is 1. The van der Waals surface area contributed by atoms with Crippen molar-refractivity contribution in [3.63, 3.8) is 0 Å². The van der Waals surface area contributed by atoms with Crippen LogP contribution in [0.4, 0.5) is 17.1 Å². The molecular weight excluding hydrogens is 460 g/mol. The maximum atomic E-state index is 13.7. The van der Waals surface area contributed by atoms with Crippen LogP contribution in [0.2, 0.25) is 5.02 Å². The van der Waals surface area contributed by atoms with E-state index in [1.807, 2.05) is 78.6 Å². The first-order valence-electron chi connectivity index (χ1n) is 11.7. The smallest absolute Gasteiger partial charge is 0.257 e. The highest BCUT2D eigenvalue weighted by Gasteiger charge is 2.26. The van der Waals surface area contributed by atoms with Gasteiger partial charge in [0.05, 0.1) is 34.1 Å². The zero-order chi connectivity index (χ0) is 24.4. The summed E-state index contributed by atoms with van der Waals surface area (Å²) in [7, 11) is 0. The highest BCUT2D eigenvalue weighted by atomic mass is 35.5. The fourth-order valence-electron chi connectivity index (χ4n) is 4.52. The molecule has 2 heterocycles. The number of halogens is 1. The average molecular weight is 487 g/mol. The number of carbonyl (C=O) groups excluding carboxylic acids is 1. The van der Waals surface area contributed by atoms with Gasteiger partial charge in [-0.2, -0.15) is 0 Å². The molecule has 1 aromatic heterocycles. The molecule has 178 valence electrons. The highest BCUT2D eigenvalue weighted by molar-refractivity contribution is 6.33. The Morgan fingerprint density at radius 1 is 1.00 bits per heavy atom. The second kappa shape index (κ2) is 9.94. The summed E-state index contributed by atoms with van der Waals surface area (Å²) in [6, 6.07) is 21.5. The summed E-state index contributed by atoms with van der Waals surface area (Å²) in [5.74, 6) is -0.0674. The van der Waals surface area contributed by atoms with Gasteiger partial charge in [-0.05, 0) is 31.2 Å².